The van der Waals surface area contributed by atoms with Crippen LogP contribution in [0.15, 0.2) is 29.4 Å². The van der Waals surface area contributed by atoms with Crippen molar-refractivity contribution >= 4 is 11.7 Å². The van der Waals surface area contributed by atoms with E-state index in [-0.39, 0.29) is 0 Å². The number of nitrogens with zero attached hydrogens (tertiary/aromatic N) is 3. The van der Waals surface area contributed by atoms with E-state index in [4.69, 9.17) is 0 Å². The first-order valence-electron chi connectivity index (χ1n) is 8.12. The Kier molecular flexibility index (Phi) is 6.07. The van der Waals surface area contributed by atoms with Crippen molar-refractivity contribution in [1.29, 1.82) is 0 Å². The average molecular weight is 303 g/mol. The molecule has 2 heterocycles. The smallest absolute Gasteiger partial charge is 0.278 e. The maximum absolute atomic E-state index is 11.8. The second-order valence-electron chi connectivity index (χ2n) is 5.83. The number of pyridine rings is 1. The van der Waals surface area contributed by atoms with E-state index in [0.717, 1.165) is 19.4 Å². The SMILES string of the molecule is CCCCC(CC)CN1CC(O)C(=O)N=C1c1ccccn1. The number of aliphatic hydroxyl groups is 1. The molecule has 1 aromatic rings. The third-order valence-corrected chi connectivity index (χ3v) is 4.11. The zero-order valence-corrected chi connectivity index (χ0v) is 13.4. The number of unbranched alkanes of at least 4 members (excludes halogenated alkanes) is 1. The Morgan fingerprint density at radius 2 is 2.23 bits per heavy atom. The van der Waals surface area contributed by atoms with E-state index in [2.05, 4.69) is 23.8 Å². The Hall–Kier alpha value is -1.75. The highest BCUT2D eigenvalue weighted by Crippen LogP contribution is 2.18. The van der Waals surface area contributed by atoms with Crippen LogP contribution in [-0.4, -0.2) is 45.9 Å². The van der Waals surface area contributed by atoms with Crippen molar-refractivity contribution in [2.45, 2.75) is 45.6 Å². The highest BCUT2D eigenvalue weighted by atomic mass is 16.3. The number of aliphatic hydroxyl groups excluding tert-OH is 1. The lowest BCUT2D eigenvalue weighted by Gasteiger charge is -2.33. The minimum absolute atomic E-state index is 0.302. The number of hydrogen-bond donors (Lipinski definition) is 1. The molecule has 2 atom stereocenters. The van der Waals surface area contributed by atoms with Gasteiger partial charge in [-0.2, -0.15) is 4.99 Å². The molecule has 1 aromatic heterocycles. The van der Waals surface area contributed by atoms with Crippen molar-refractivity contribution in [3.63, 3.8) is 0 Å². The summed E-state index contributed by atoms with van der Waals surface area (Å²) < 4.78 is 0. The maximum atomic E-state index is 11.8. The molecule has 2 rings (SSSR count). The Morgan fingerprint density at radius 1 is 1.41 bits per heavy atom. The monoisotopic (exact) mass is 303 g/mol. The van der Waals surface area contributed by atoms with Gasteiger partial charge in [0.2, 0.25) is 0 Å². The molecule has 0 aromatic carbocycles. The van der Waals surface area contributed by atoms with Crippen LogP contribution < -0.4 is 0 Å². The molecule has 1 amide bonds. The molecule has 1 aliphatic heterocycles. The highest BCUT2D eigenvalue weighted by molar-refractivity contribution is 6.06. The fourth-order valence-corrected chi connectivity index (χ4v) is 2.73. The lowest BCUT2D eigenvalue weighted by molar-refractivity contribution is -0.127. The van der Waals surface area contributed by atoms with Gasteiger partial charge in [-0.25, -0.2) is 0 Å². The number of carbonyl (C=O) groups is 1. The average Bonchev–Trinajstić information content (AvgIpc) is 2.55. The lowest BCUT2D eigenvalue weighted by Crippen LogP contribution is -2.47. The molecule has 1 N–H and O–H groups in total. The fourth-order valence-electron chi connectivity index (χ4n) is 2.73. The standard InChI is InChI=1S/C17H25N3O2/c1-3-5-8-13(4-2)11-20-12-15(21)17(22)19-16(20)14-9-6-7-10-18-14/h6-7,9-10,13,15,21H,3-5,8,11-12H2,1-2H3. The Morgan fingerprint density at radius 3 is 2.86 bits per heavy atom. The topological polar surface area (TPSA) is 65.8 Å². The summed E-state index contributed by atoms with van der Waals surface area (Å²) in [4.78, 5) is 22.1. The van der Waals surface area contributed by atoms with Crippen molar-refractivity contribution < 1.29 is 9.90 Å². The summed E-state index contributed by atoms with van der Waals surface area (Å²) in [5.41, 5.74) is 0.688. The van der Waals surface area contributed by atoms with Crippen LogP contribution in [0.4, 0.5) is 0 Å². The molecule has 0 bridgehead atoms. The molecule has 0 saturated heterocycles. The van der Waals surface area contributed by atoms with E-state index >= 15 is 0 Å². The molecule has 0 aliphatic carbocycles. The molecule has 0 fully saturated rings. The van der Waals surface area contributed by atoms with Crippen molar-refractivity contribution in [2.24, 2.45) is 10.9 Å². The second kappa shape index (κ2) is 8.03. The molecule has 1 aliphatic rings. The predicted molar refractivity (Wildman–Crippen MR) is 86.7 cm³/mol. The third kappa shape index (κ3) is 4.13. The number of aromatic nitrogens is 1. The zero-order chi connectivity index (χ0) is 15.9. The molecular formula is C17H25N3O2. The van der Waals surface area contributed by atoms with Gasteiger partial charge in [-0.15, -0.1) is 0 Å². The summed E-state index contributed by atoms with van der Waals surface area (Å²) >= 11 is 0. The van der Waals surface area contributed by atoms with Crippen LogP contribution in [0.3, 0.4) is 0 Å². The van der Waals surface area contributed by atoms with Crippen molar-refractivity contribution in [1.82, 2.24) is 9.88 Å². The first kappa shape index (κ1) is 16.6. The number of carbonyl (C=O) groups excluding carboxylic acids is 1. The number of aliphatic imine (C=N–C) groups is 1. The molecule has 120 valence electrons. The summed E-state index contributed by atoms with van der Waals surface area (Å²) in [5, 5.41) is 9.86. The Balaban J connectivity index is 2.19. The maximum Gasteiger partial charge on any atom is 0.278 e. The largest absolute Gasteiger partial charge is 0.381 e. The number of hydrogen-bond acceptors (Lipinski definition) is 4. The lowest BCUT2D eigenvalue weighted by atomic mass is 9.98. The van der Waals surface area contributed by atoms with Gasteiger partial charge in [0.25, 0.3) is 5.91 Å². The van der Waals surface area contributed by atoms with Gasteiger partial charge in [0, 0.05) is 12.7 Å². The van der Waals surface area contributed by atoms with E-state index in [1.807, 2.05) is 23.1 Å². The van der Waals surface area contributed by atoms with Gasteiger partial charge in [0.05, 0.1) is 6.54 Å². The van der Waals surface area contributed by atoms with Gasteiger partial charge < -0.3 is 10.0 Å². The number of rotatable bonds is 7. The summed E-state index contributed by atoms with van der Waals surface area (Å²) in [7, 11) is 0. The fraction of sp³-hybridized carbons (Fsp3) is 0.588. The highest BCUT2D eigenvalue weighted by Gasteiger charge is 2.30. The van der Waals surface area contributed by atoms with Gasteiger partial charge >= 0.3 is 0 Å². The van der Waals surface area contributed by atoms with Crippen molar-refractivity contribution in [2.75, 3.05) is 13.1 Å². The predicted octanol–water partition coefficient (Wildman–Crippen LogP) is 2.25. The molecule has 5 nitrogen and oxygen atoms in total. The van der Waals surface area contributed by atoms with Gasteiger partial charge in [0.1, 0.15) is 5.69 Å². The van der Waals surface area contributed by atoms with Crippen LogP contribution in [0.2, 0.25) is 0 Å². The minimum atomic E-state index is -1.03. The molecule has 0 saturated carbocycles. The van der Waals surface area contributed by atoms with Crippen LogP contribution >= 0.6 is 0 Å². The summed E-state index contributed by atoms with van der Waals surface area (Å²) in [6, 6.07) is 5.57. The van der Waals surface area contributed by atoms with Crippen LogP contribution in [-0.2, 0) is 4.79 Å². The van der Waals surface area contributed by atoms with Crippen LogP contribution in [0, 0.1) is 5.92 Å². The Labute approximate surface area is 132 Å². The zero-order valence-electron chi connectivity index (χ0n) is 13.4. The number of amidine groups is 1. The van der Waals surface area contributed by atoms with E-state index in [0.29, 0.717) is 24.0 Å². The first-order chi connectivity index (χ1) is 10.7. The van der Waals surface area contributed by atoms with Crippen LogP contribution in [0.25, 0.3) is 0 Å². The minimum Gasteiger partial charge on any atom is -0.381 e. The number of β-amino-alcohol motifs (C(OH)–C–C–N with tert-alkyl or cyclic N) is 1. The van der Waals surface area contributed by atoms with Crippen molar-refractivity contribution in [3.8, 4) is 0 Å². The summed E-state index contributed by atoms with van der Waals surface area (Å²) in [6.45, 7) is 5.48. The van der Waals surface area contributed by atoms with Gasteiger partial charge in [0.15, 0.2) is 11.9 Å². The quantitative estimate of drug-likeness (QED) is 0.839. The molecule has 5 heteroatoms. The van der Waals surface area contributed by atoms with Gasteiger partial charge in [-0.05, 0) is 24.5 Å². The first-order valence-corrected chi connectivity index (χ1v) is 8.12. The van der Waals surface area contributed by atoms with E-state index < -0.39 is 12.0 Å². The number of amides is 1. The van der Waals surface area contributed by atoms with Gasteiger partial charge in [-0.1, -0.05) is 39.2 Å². The third-order valence-electron chi connectivity index (χ3n) is 4.11. The second-order valence-corrected chi connectivity index (χ2v) is 5.83. The van der Waals surface area contributed by atoms with E-state index in [9.17, 15) is 9.90 Å². The van der Waals surface area contributed by atoms with E-state index in [1.165, 1.54) is 12.8 Å². The van der Waals surface area contributed by atoms with E-state index in [1.54, 1.807) is 6.20 Å². The molecular weight excluding hydrogens is 278 g/mol. The van der Waals surface area contributed by atoms with Crippen LogP contribution in [0.1, 0.15) is 45.2 Å². The van der Waals surface area contributed by atoms with Crippen molar-refractivity contribution in [3.05, 3.63) is 30.1 Å². The molecule has 0 spiro atoms. The normalized spacial score (nSPS) is 20.0. The summed E-state index contributed by atoms with van der Waals surface area (Å²) in [6.07, 6.45) is 5.28. The molecule has 22 heavy (non-hydrogen) atoms. The molecule has 2 unspecified atom stereocenters. The summed E-state index contributed by atoms with van der Waals surface area (Å²) in [5.74, 6) is 0.652. The van der Waals surface area contributed by atoms with Crippen LogP contribution in [0.5, 0.6) is 0 Å². The van der Waals surface area contributed by atoms with Gasteiger partial charge in [-0.3, -0.25) is 9.78 Å². The molecule has 0 radical (unpaired) electrons. The Bertz CT molecular complexity index is 516.